The lowest BCUT2D eigenvalue weighted by atomic mass is 9.85. The van der Waals surface area contributed by atoms with Gasteiger partial charge < -0.3 is 10.2 Å². The number of carbonyl (C=O) groups is 2. The highest BCUT2D eigenvalue weighted by molar-refractivity contribution is 5.73. The zero-order valence-electron chi connectivity index (χ0n) is 20.7. The first-order valence-corrected chi connectivity index (χ1v) is 12.0. The summed E-state index contributed by atoms with van der Waals surface area (Å²) in [6, 6.07) is 4.05. The molecular weight excluding hydrogens is 556 g/mol. The van der Waals surface area contributed by atoms with Crippen LogP contribution in [-0.2, 0) is 29.2 Å². The first kappa shape index (κ1) is 30.8. The van der Waals surface area contributed by atoms with Crippen LogP contribution in [0.15, 0.2) is 34.1 Å². The smallest absolute Gasteiger partial charge is 0.475 e. The van der Waals surface area contributed by atoms with E-state index in [-0.39, 0.29) is 11.5 Å². The Hall–Kier alpha value is -3.76. The Morgan fingerprint density at radius 2 is 1.55 bits per heavy atom. The molecule has 2 aliphatic heterocycles. The van der Waals surface area contributed by atoms with Crippen LogP contribution in [0.1, 0.15) is 36.6 Å². The van der Waals surface area contributed by atoms with E-state index in [9.17, 15) is 35.9 Å². The third-order valence-electron chi connectivity index (χ3n) is 6.70. The average Bonchev–Trinajstić information content (AvgIpc) is 3.37. The minimum atomic E-state index is -5.08. The second-order valence-electron chi connectivity index (χ2n) is 9.59. The highest BCUT2D eigenvalue weighted by Gasteiger charge is 2.43. The number of aromatic nitrogens is 4. The summed E-state index contributed by atoms with van der Waals surface area (Å²) >= 11 is 0. The molecule has 4 heterocycles. The van der Waals surface area contributed by atoms with Gasteiger partial charge in [-0.3, -0.25) is 24.0 Å². The van der Waals surface area contributed by atoms with Crippen LogP contribution in [-0.4, -0.2) is 71.8 Å². The first-order chi connectivity index (χ1) is 18.6. The number of rotatable bonds is 4. The van der Waals surface area contributed by atoms with Crippen molar-refractivity contribution in [3.05, 3.63) is 56.6 Å². The van der Waals surface area contributed by atoms with Gasteiger partial charge in [-0.2, -0.15) is 31.4 Å². The molecule has 1 saturated heterocycles. The molecule has 3 aliphatic rings. The molecule has 1 saturated carbocycles. The number of pyridine rings is 1. The average molecular weight is 581 g/mol. The van der Waals surface area contributed by atoms with Crippen molar-refractivity contribution in [3.63, 3.8) is 0 Å². The van der Waals surface area contributed by atoms with E-state index in [1.165, 1.54) is 16.7 Å². The predicted molar refractivity (Wildman–Crippen MR) is 123 cm³/mol. The standard InChI is InChI=1S/C19H23N5O2.2C2HF3O2/c25-18-19(26)24(9-13-3-1-4-13)21-17-16-12-22(10-15(16)11-23(17)18)8-14-5-2-6-20-7-14;2*3-2(4,5)1(6)7/h2,5-7,13,15-16H,1,3-4,8-12H2;2*(H,6,7). The summed E-state index contributed by atoms with van der Waals surface area (Å²) in [6.45, 7) is 3.90. The van der Waals surface area contributed by atoms with Gasteiger partial charge in [0.15, 0.2) is 0 Å². The monoisotopic (exact) mass is 581 g/mol. The quantitative estimate of drug-likeness (QED) is 0.409. The molecule has 0 amide bonds. The number of halogens is 6. The van der Waals surface area contributed by atoms with Gasteiger partial charge in [-0.05, 0) is 30.4 Å². The van der Waals surface area contributed by atoms with Gasteiger partial charge in [0.25, 0.3) is 0 Å². The number of likely N-dealkylation sites (tertiary alicyclic amines) is 1. The topological polar surface area (TPSA) is 148 Å². The van der Waals surface area contributed by atoms with E-state index in [4.69, 9.17) is 19.8 Å². The van der Waals surface area contributed by atoms with Gasteiger partial charge in [-0.25, -0.2) is 14.3 Å². The molecule has 2 N–H and O–H groups in total. The summed E-state index contributed by atoms with van der Waals surface area (Å²) < 4.78 is 66.6. The van der Waals surface area contributed by atoms with Crippen molar-refractivity contribution in [1.29, 1.82) is 0 Å². The maximum absolute atomic E-state index is 12.5. The van der Waals surface area contributed by atoms with Gasteiger partial charge in [0.05, 0.1) is 0 Å². The van der Waals surface area contributed by atoms with Crippen LogP contribution in [0.5, 0.6) is 0 Å². The summed E-state index contributed by atoms with van der Waals surface area (Å²) in [5.41, 5.74) is 0.364. The van der Waals surface area contributed by atoms with Crippen LogP contribution in [0.25, 0.3) is 0 Å². The molecule has 11 nitrogen and oxygen atoms in total. The van der Waals surface area contributed by atoms with Crippen LogP contribution in [0, 0.1) is 11.8 Å². The molecule has 1 aliphatic carbocycles. The zero-order chi connectivity index (χ0) is 29.8. The van der Waals surface area contributed by atoms with E-state index < -0.39 is 29.9 Å². The second-order valence-corrected chi connectivity index (χ2v) is 9.59. The maximum Gasteiger partial charge on any atom is 0.490 e. The molecule has 17 heteroatoms. The van der Waals surface area contributed by atoms with Gasteiger partial charge in [0.2, 0.25) is 0 Å². The van der Waals surface area contributed by atoms with E-state index in [1.54, 1.807) is 10.8 Å². The Bertz CT molecular complexity index is 1300. The number of hydrogen-bond acceptors (Lipinski definition) is 7. The molecule has 40 heavy (non-hydrogen) atoms. The number of carboxylic acid groups (broad SMARTS) is 2. The summed E-state index contributed by atoms with van der Waals surface area (Å²) in [5, 5.41) is 18.9. The molecule has 0 radical (unpaired) electrons. The van der Waals surface area contributed by atoms with Gasteiger partial charge in [-0.15, -0.1) is 0 Å². The van der Waals surface area contributed by atoms with Crippen LogP contribution in [0.2, 0.25) is 0 Å². The Balaban J connectivity index is 0.000000263. The Labute approximate surface area is 221 Å². The molecule has 0 bridgehead atoms. The van der Waals surface area contributed by atoms with E-state index in [2.05, 4.69) is 21.0 Å². The van der Waals surface area contributed by atoms with E-state index in [0.29, 0.717) is 24.9 Å². The molecule has 0 aromatic carbocycles. The summed E-state index contributed by atoms with van der Waals surface area (Å²) in [6.07, 6.45) is -2.98. The number of carboxylic acids is 2. The summed E-state index contributed by atoms with van der Waals surface area (Å²) in [7, 11) is 0. The summed E-state index contributed by atoms with van der Waals surface area (Å²) in [5.74, 6) is -3.59. The van der Waals surface area contributed by atoms with E-state index in [0.717, 1.165) is 38.3 Å². The Morgan fingerprint density at radius 3 is 2.02 bits per heavy atom. The highest BCUT2D eigenvalue weighted by atomic mass is 19.4. The minimum Gasteiger partial charge on any atom is -0.475 e. The molecular formula is C23H25F6N5O6. The molecule has 2 fully saturated rings. The third kappa shape index (κ3) is 7.67. The fourth-order valence-corrected chi connectivity index (χ4v) is 4.60. The lowest BCUT2D eigenvalue weighted by molar-refractivity contribution is -0.193. The SMILES string of the molecule is O=C(O)C(F)(F)F.O=C(O)C(F)(F)F.O=c1c(=O)n2c(nn1CC1CCC1)C1CN(Cc3cccnc3)CC1C2. The number of hydrogen-bond donors (Lipinski definition) is 2. The molecule has 2 unspecified atom stereocenters. The first-order valence-electron chi connectivity index (χ1n) is 12.0. The normalized spacial score (nSPS) is 20.2. The largest absolute Gasteiger partial charge is 0.490 e. The minimum absolute atomic E-state index is 0.243. The van der Waals surface area contributed by atoms with Crippen molar-refractivity contribution in [2.45, 2.75) is 57.2 Å². The van der Waals surface area contributed by atoms with Crippen molar-refractivity contribution in [1.82, 2.24) is 24.2 Å². The second kappa shape index (κ2) is 12.2. The predicted octanol–water partition coefficient (Wildman–Crippen LogP) is 2.10. The maximum atomic E-state index is 12.5. The van der Waals surface area contributed by atoms with Crippen molar-refractivity contribution in [3.8, 4) is 0 Å². The van der Waals surface area contributed by atoms with Gasteiger partial charge in [0, 0.05) is 57.0 Å². The van der Waals surface area contributed by atoms with E-state index >= 15 is 0 Å². The van der Waals surface area contributed by atoms with Crippen LogP contribution in [0.3, 0.4) is 0 Å². The molecule has 220 valence electrons. The fraction of sp³-hybridized carbons (Fsp3) is 0.565. The lowest BCUT2D eigenvalue weighted by Gasteiger charge is -2.25. The van der Waals surface area contributed by atoms with Gasteiger partial charge >= 0.3 is 35.4 Å². The molecule has 5 rings (SSSR count). The van der Waals surface area contributed by atoms with Gasteiger partial charge in [-0.1, -0.05) is 12.5 Å². The number of aliphatic carboxylic acids is 2. The van der Waals surface area contributed by atoms with Crippen molar-refractivity contribution in [2.75, 3.05) is 13.1 Å². The molecule has 2 aromatic rings. The van der Waals surface area contributed by atoms with Crippen molar-refractivity contribution < 1.29 is 46.1 Å². The third-order valence-corrected chi connectivity index (χ3v) is 6.70. The Kier molecular flexibility index (Phi) is 9.37. The lowest BCUT2D eigenvalue weighted by Crippen LogP contribution is -2.45. The van der Waals surface area contributed by atoms with Gasteiger partial charge in [0.1, 0.15) is 5.82 Å². The number of nitrogens with zero attached hydrogens (tertiary/aromatic N) is 5. The number of alkyl halides is 6. The fourth-order valence-electron chi connectivity index (χ4n) is 4.60. The zero-order valence-corrected chi connectivity index (χ0v) is 20.7. The molecule has 2 aromatic heterocycles. The molecule has 2 atom stereocenters. The van der Waals surface area contributed by atoms with Crippen LogP contribution in [0.4, 0.5) is 26.3 Å². The van der Waals surface area contributed by atoms with Crippen molar-refractivity contribution >= 4 is 11.9 Å². The highest BCUT2D eigenvalue weighted by Crippen LogP contribution is 2.37. The van der Waals surface area contributed by atoms with Crippen LogP contribution < -0.4 is 11.1 Å². The molecule has 0 spiro atoms. The number of fused-ring (bicyclic) bond motifs is 3. The summed E-state index contributed by atoms with van der Waals surface area (Å²) in [4.78, 5) is 49.3. The van der Waals surface area contributed by atoms with E-state index in [1.807, 2.05) is 12.3 Å². The van der Waals surface area contributed by atoms with Crippen LogP contribution >= 0.6 is 0 Å². The van der Waals surface area contributed by atoms with Crippen molar-refractivity contribution in [2.24, 2.45) is 11.8 Å². The Morgan fingerprint density at radius 1 is 0.950 bits per heavy atom.